The molecule has 2 aromatic carbocycles. The molecule has 0 saturated carbocycles. The fraction of sp³-hybridized carbons (Fsp3) is 0.400. The number of aliphatic hydroxyl groups excluding tert-OH is 1. The summed E-state index contributed by atoms with van der Waals surface area (Å²) >= 11 is 0. The van der Waals surface area contributed by atoms with Gasteiger partial charge in [-0.2, -0.15) is 19.9 Å². The normalized spacial score (nSPS) is 10.1. The molecule has 0 aliphatic rings. The van der Waals surface area contributed by atoms with Crippen molar-refractivity contribution >= 4 is 0 Å². The van der Waals surface area contributed by atoms with E-state index in [1.54, 1.807) is 38.1 Å². The molecule has 32 heavy (non-hydrogen) atoms. The monoisotopic (exact) mass is 530 g/mol. The van der Waals surface area contributed by atoms with Crippen molar-refractivity contribution in [3.8, 4) is 11.5 Å². The molecule has 0 amide bonds. The van der Waals surface area contributed by atoms with E-state index < -0.39 is 0 Å². The largest absolute Gasteiger partial charge is 3.00 e. The van der Waals surface area contributed by atoms with Crippen LogP contribution >= 0.6 is 0 Å². The molecule has 1 radical (unpaired) electrons. The van der Waals surface area contributed by atoms with Gasteiger partial charge < -0.3 is 39.0 Å². The Morgan fingerprint density at radius 2 is 1.50 bits per heavy atom. The van der Waals surface area contributed by atoms with Gasteiger partial charge in [0.05, 0.1) is 6.10 Å². The Hall–Kier alpha value is -1.20. The van der Waals surface area contributed by atoms with E-state index in [2.05, 4.69) is 32.6 Å². The van der Waals surface area contributed by atoms with Crippen LogP contribution in [-0.4, -0.2) is 59.8 Å². The standard InChI is InChI=1S/C10H15NO.C7H7O.C6H14NO.C2H5.Fe.Ni/c1-3-11(2)8-9-6-4-5-7-10(9)12;1-6-4-2-3-5-7(6)8;1-4-7(3)5-6(2)8;1-2;;/h4-7,12H,3,8H2,1-2H3;2-5,8H,1H2;6,8H,1,4-5H2,2-3H3;1H2,2H3;;/q;3*-1;;+3/p-1/t;;6-;;;/m..0.../s1. The zero-order valence-corrected chi connectivity index (χ0v) is 22.1. The molecule has 5 nitrogen and oxygen atoms in total. The van der Waals surface area contributed by atoms with Crippen molar-refractivity contribution in [1.29, 1.82) is 0 Å². The number of para-hydroxylation sites is 2. The zero-order valence-electron chi connectivity index (χ0n) is 20.0. The number of phenols is 1. The van der Waals surface area contributed by atoms with Crippen LogP contribution in [-0.2, 0) is 40.1 Å². The van der Waals surface area contributed by atoms with Crippen molar-refractivity contribution in [2.75, 3.05) is 33.7 Å². The summed E-state index contributed by atoms with van der Waals surface area (Å²) in [5.41, 5.74) is 1.55. The SMILES string of the molecule is CCN(C)Cc1ccccc1O.[CH2-]C.[CH2-]CN(C)C[C@H](C)O.[CH2-]c1ccccc1[O-].[Fe].[Ni+3]. The van der Waals surface area contributed by atoms with Gasteiger partial charge >= 0.3 is 16.5 Å². The summed E-state index contributed by atoms with van der Waals surface area (Å²) < 4.78 is 0. The molecule has 187 valence electrons. The van der Waals surface area contributed by atoms with Gasteiger partial charge in [0.1, 0.15) is 5.75 Å². The van der Waals surface area contributed by atoms with Crippen LogP contribution < -0.4 is 5.11 Å². The van der Waals surface area contributed by atoms with E-state index >= 15 is 0 Å². The maximum absolute atomic E-state index is 10.6. The molecule has 2 rings (SSSR count). The Morgan fingerprint density at radius 3 is 1.84 bits per heavy atom. The van der Waals surface area contributed by atoms with E-state index in [0.29, 0.717) is 17.9 Å². The molecule has 0 unspecified atom stereocenters. The van der Waals surface area contributed by atoms with Gasteiger partial charge in [0.2, 0.25) is 0 Å². The molecule has 0 aliphatic carbocycles. The Kier molecular flexibility index (Phi) is 29.1. The molecule has 1 atom stereocenters. The van der Waals surface area contributed by atoms with Crippen LogP contribution in [0.3, 0.4) is 0 Å². The quantitative estimate of drug-likeness (QED) is 0.439. The molecular weight excluding hydrogens is 491 g/mol. The number of aromatic hydroxyl groups is 1. The number of rotatable bonds is 6. The average molecular weight is 531 g/mol. The minimum Gasteiger partial charge on any atom is -0.928 e. The van der Waals surface area contributed by atoms with E-state index in [-0.39, 0.29) is 45.4 Å². The van der Waals surface area contributed by atoms with Gasteiger partial charge in [-0.15, -0.1) is 18.7 Å². The van der Waals surface area contributed by atoms with E-state index in [9.17, 15) is 10.2 Å². The van der Waals surface area contributed by atoms with Gasteiger partial charge in [0, 0.05) is 35.7 Å². The number of aliphatic hydroxyl groups is 1. The molecule has 0 saturated heterocycles. The van der Waals surface area contributed by atoms with Crippen LogP contribution in [0.1, 0.15) is 31.9 Å². The minimum atomic E-state index is -0.234. The zero-order chi connectivity index (χ0) is 23.5. The van der Waals surface area contributed by atoms with Crippen molar-refractivity contribution < 1.29 is 48.9 Å². The van der Waals surface area contributed by atoms with Crippen molar-refractivity contribution in [3.63, 3.8) is 0 Å². The van der Waals surface area contributed by atoms with Crippen LogP contribution in [0.25, 0.3) is 0 Å². The third-order valence-corrected chi connectivity index (χ3v) is 3.90. The summed E-state index contributed by atoms with van der Waals surface area (Å²) in [5, 5.41) is 28.8. The fourth-order valence-electron chi connectivity index (χ4n) is 2.09. The second-order valence-electron chi connectivity index (χ2n) is 6.68. The predicted octanol–water partition coefficient (Wildman–Crippen LogP) is 3.75. The van der Waals surface area contributed by atoms with Crippen LogP contribution in [0.4, 0.5) is 0 Å². The minimum absolute atomic E-state index is 0. The van der Waals surface area contributed by atoms with E-state index in [0.717, 1.165) is 25.2 Å². The Balaban J connectivity index is -0.000000176. The molecule has 2 N–H and O–H groups in total. The van der Waals surface area contributed by atoms with Crippen LogP contribution in [0.2, 0.25) is 0 Å². The number of likely N-dealkylation sites (N-methyl/N-ethyl adjacent to an activating group) is 1. The summed E-state index contributed by atoms with van der Waals surface area (Å²) in [5.74, 6) is 0.394. The van der Waals surface area contributed by atoms with Gasteiger partial charge in [-0.05, 0) is 33.6 Å². The van der Waals surface area contributed by atoms with E-state index in [1.165, 1.54) is 6.07 Å². The van der Waals surface area contributed by atoms with Crippen molar-refractivity contribution in [3.05, 3.63) is 80.4 Å². The summed E-state index contributed by atoms with van der Waals surface area (Å²) in [7, 11) is 3.96. The van der Waals surface area contributed by atoms with E-state index in [4.69, 9.17) is 5.11 Å². The molecule has 0 aromatic heterocycles. The van der Waals surface area contributed by atoms with Gasteiger partial charge in [-0.3, -0.25) is 0 Å². The smallest absolute Gasteiger partial charge is 0.928 e. The number of benzene rings is 2. The first-order valence-corrected chi connectivity index (χ1v) is 10.1. The van der Waals surface area contributed by atoms with Gasteiger partial charge in [-0.25, -0.2) is 11.3 Å². The molecule has 0 heterocycles. The van der Waals surface area contributed by atoms with Gasteiger partial charge in [-0.1, -0.05) is 31.2 Å². The Bertz CT molecular complexity index is 640. The first-order valence-electron chi connectivity index (χ1n) is 10.1. The summed E-state index contributed by atoms with van der Waals surface area (Å²) in [4.78, 5) is 4.11. The van der Waals surface area contributed by atoms with E-state index in [1.807, 2.05) is 37.2 Å². The first kappa shape index (κ1) is 38.1. The maximum atomic E-state index is 10.6. The second-order valence-corrected chi connectivity index (χ2v) is 6.68. The molecular formula is C25H40FeN2NiO3-. The third-order valence-electron chi connectivity index (χ3n) is 3.90. The Morgan fingerprint density at radius 1 is 1.00 bits per heavy atom. The van der Waals surface area contributed by atoms with Gasteiger partial charge in [0.15, 0.2) is 0 Å². The average Bonchev–Trinajstić information content (AvgIpc) is 2.73. The Labute approximate surface area is 217 Å². The topological polar surface area (TPSA) is 70.0 Å². The van der Waals surface area contributed by atoms with Crippen molar-refractivity contribution in [2.24, 2.45) is 0 Å². The summed E-state index contributed by atoms with van der Waals surface area (Å²) in [6.45, 7) is 19.3. The van der Waals surface area contributed by atoms with Crippen molar-refractivity contribution in [2.45, 2.75) is 33.4 Å². The van der Waals surface area contributed by atoms with Crippen LogP contribution in [0, 0.1) is 20.8 Å². The number of nitrogens with zero attached hydrogens (tertiary/aromatic N) is 2. The molecule has 0 bridgehead atoms. The number of phenolic OH excluding ortho intramolecular Hbond substituents is 1. The summed E-state index contributed by atoms with van der Waals surface area (Å²) in [6, 6.07) is 14.1. The van der Waals surface area contributed by atoms with Crippen molar-refractivity contribution in [1.82, 2.24) is 9.80 Å². The molecule has 0 aliphatic heterocycles. The first-order chi connectivity index (χ1) is 14.2. The molecule has 0 fully saturated rings. The number of hydrogen-bond donors (Lipinski definition) is 2. The third kappa shape index (κ3) is 20.7. The molecule has 0 spiro atoms. The predicted molar refractivity (Wildman–Crippen MR) is 126 cm³/mol. The van der Waals surface area contributed by atoms with Gasteiger partial charge in [0.25, 0.3) is 0 Å². The van der Waals surface area contributed by atoms with Crippen LogP contribution in [0.5, 0.6) is 11.5 Å². The number of hydrogen-bond acceptors (Lipinski definition) is 5. The van der Waals surface area contributed by atoms with Crippen LogP contribution in [0.15, 0.2) is 48.5 Å². The fourth-order valence-corrected chi connectivity index (χ4v) is 2.09. The molecule has 7 heteroatoms. The maximum Gasteiger partial charge on any atom is 3.00 e. The summed E-state index contributed by atoms with van der Waals surface area (Å²) in [6.07, 6.45) is -0.234. The second kappa shape index (κ2) is 24.4. The molecule has 2 aromatic rings.